The minimum Gasteiger partial charge on any atom is -0.294 e. The Morgan fingerprint density at radius 2 is 2.20 bits per heavy atom. The summed E-state index contributed by atoms with van der Waals surface area (Å²) in [6.07, 6.45) is 1.79. The van der Waals surface area contributed by atoms with Gasteiger partial charge in [0.05, 0.1) is 6.42 Å². The average Bonchev–Trinajstić information content (AvgIpc) is 2.78. The summed E-state index contributed by atoms with van der Waals surface area (Å²) in [5, 5.41) is 4.19. The van der Waals surface area contributed by atoms with E-state index in [0.717, 1.165) is 26.0 Å². The molecule has 0 aliphatic rings. The van der Waals surface area contributed by atoms with E-state index in [0.29, 0.717) is 5.92 Å². The van der Waals surface area contributed by atoms with E-state index < -0.39 is 0 Å². The van der Waals surface area contributed by atoms with E-state index in [1.165, 1.54) is 6.33 Å². The van der Waals surface area contributed by atoms with Crippen LogP contribution in [0.1, 0.15) is 30.0 Å². The molecule has 1 aromatic carbocycles. The Morgan fingerprint density at radius 3 is 2.90 bits per heavy atom. The van der Waals surface area contributed by atoms with Gasteiger partial charge in [0, 0.05) is 20.2 Å². The maximum Gasteiger partial charge on any atom is 0.171 e. The van der Waals surface area contributed by atoms with Crippen molar-refractivity contribution in [3.05, 3.63) is 44.0 Å². The maximum absolute atomic E-state index is 12.4. The van der Waals surface area contributed by atoms with Gasteiger partial charge in [0.2, 0.25) is 0 Å². The van der Waals surface area contributed by atoms with E-state index in [9.17, 15) is 4.79 Å². The van der Waals surface area contributed by atoms with Crippen LogP contribution in [0.25, 0.3) is 0 Å². The Balaban J connectivity index is 2.20. The zero-order chi connectivity index (χ0) is 14.7. The number of carbonyl (C=O) groups is 1. The molecule has 0 radical (unpaired) electrons. The second-order valence-corrected chi connectivity index (χ2v) is 7.05. The van der Waals surface area contributed by atoms with Crippen LogP contribution < -0.4 is 0 Å². The largest absolute Gasteiger partial charge is 0.294 e. The highest BCUT2D eigenvalue weighted by Crippen LogP contribution is 2.20. The minimum atomic E-state index is 0.0636. The number of Topliss-reactive ketones (excluding diaryl/α,β-unsaturated/α-hetero) is 1. The predicted octanol–water partition coefficient (Wildman–Crippen LogP) is 3.73. The van der Waals surface area contributed by atoms with Crippen molar-refractivity contribution < 1.29 is 4.79 Å². The van der Waals surface area contributed by atoms with Crippen molar-refractivity contribution in [3.8, 4) is 0 Å². The zero-order valence-corrected chi connectivity index (χ0v) is 15.1. The molecule has 0 saturated heterocycles. The first-order chi connectivity index (χ1) is 9.47. The Hall–Kier alpha value is -0.760. The third-order valence-electron chi connectivity index (χ3n) is 2.78. The molecule has 0 aliphatic heterocycles. The van der Waals surface area contributed by atoms with Gasteiger partial charge >= 0.3 is 0 Å². The minimum absolute atomic E-state index is 0.0636. The van der Waals surface area contributed by atoms with E-state index in [1.807, 2.05) is 22.9 Å². The maximum atomic E-state index is 12.4. The van der Waals surface area contributed by atoms with E-state index in [-0.39, 0.29) is 12.2 Å². The van der Waals surface area contributed by atoms with Gasteiger partial charge < -0.3 is 0 Å². The molecule has 20 heavy (non-hydrogen) atoms. The van der Waals surface area contributed by atoms with Crippen molar-refractivity contribution in [1.29, 1.82) is 0 Å². The van der Waals surface area contributed by atoms with Gasteiger partial charge in [0.25, 0.3) is 0 Å². The summed E-state index contributed by atoms with van der Waals surface area (Å²) in [4.78, 5) is 16.6. The average molecular weight is 448 g/mol. The SMILES string of the molecule is CC(C)Cn1ncnc1CC(=O)c1cc(Br)ccc1I. The number of hydrogen-bond donors (Lipinski definition) is 0. The lowest BCUT2D eigenvalue weighted by atomic mass is 10.1. The molecule has 1 heterocycles. The monoisotopic (exact) mass is 447 g/mol. The van der Waals surface area contributed by atoms with Crippen LogP contribution in [0.2, 0.25) is 0 Å². The van der Waals surface area contributed by atoms with Gasteiger partial charge in [-0.15, -0.1) is 0 Å². The van der Waals surface area contributed by atoms with Crippen LogP contribution in [0.5, 0.6) is 0 Å². The van der Waals surface area contributed by atoms with E-state index in [1.54, 1.807) is 0 Å². The Morgan fingerprint density at radius 1 is 1.45 bits per heavy atom. The molecule has 6 heteroatoms. The van der Waals surface area contributed by atoms with Crippen LogP contribution in [0.4, 0.5) is 0 Å². The van der Waals surface area contributed by atoms with Crippen LogP contribution >= 0.6 is 38.5 Å². The van der Waals surface area contributed by atoms with Crippen molar-refractivity contribution in [2.24, 2.45) is 5.92 Å². The molecule has 2 rings (SSSR count). The topological polar surface area (TPSA) is 47.8 Å². The fraction of sp³-hybridized carbons (Fsp3) is 0.357. The van der Waals surface area contributed by atoms with Crippen LogP contribution in [-0.4, -0.2) is 20.5 Å². The third-order valence-corrected chi connectivity index (χ3v) is 4.22. The molecule has 0 bridgehead atoms. The Kier molecular flexibility index (Phi) is 5.31. The summed E-state index contributed by atoms with van der Waals surface area (Å²) in [5.41, 5.74) is 0.721. The standard InChI is InChI=1S/C14H15BrIN3O/c1-9(2)7-19-14(17-8-18-19)6-13(20)11-5-10(15)3-4-12(11)16/h3-5,8-9H,6-7H2,1-2H3. The van der Waals surface area contributed by atoms with Gasteiger partial charge in [-0.1, -0.05) is 29.8 Å². The van der Waals surface area contributed by atoms with Crippen LogP contribution in [0.3, 0.4) is 0 Å². The smallest absolute Gasteiger partial charge is 0.171 e. The van der Waals surface area contributed by atoms with E-state index in [4.69, 9.17) is 0 Å². The number of carbonyl (C=O) groups excluding carboxylic acids is 1. The van der Waals surface area contributed by atoms with Crippen molar-refractivity contribution in [2.75, 3.05) is 0 Å². The third kappa shape index (κ3) is 3.88. The normalized spacial score (nSPS) is 11.1. The van der Waals surface area contributed by atoms with Crippen LogP contribution in [-0.2, 0) is 13.0 Å². The number of nitrogens with zero attached hydrogens (tertiary/aromatic N) is 3. The number of benzene rings is 1. The number of aromatic nitrogens is 3. The van der Waals surface area contributed by atoms with Crippen LogP contribution in [0.15, 0.2) is 29.0 Å². The van der Waals surface area contributed by atoms with Gasteiger partial charge in [-0.2, -0.15) is 5.10 Å². The van der Waals surface area contributed by atoms with Crippen molar-refractivity contribution >= 4 is 44.3 Å². The molecule has 0 amide bonds. The highest BCUT2D eigenvalue weighted by atomic mass is 127. The molecular weight excluding hydrogens is 433 g/mol. The van der Waals surface area contributed by atoms with Gasteiger partial charge in [-0.05, 0) is 46.7 Å². The molecule has 0 atom stereocenters. The highest BCUT2D eigenvalue weighted by molar-refractivity contribution is 14.1. The quantitative estimate of drug-likeness (QED) is 0.518. The summed E-state index contributed by atoms with van der Waals surface area (Å²) >= 11 is 5.58. The second kappa shape index (κ2) is 6.80. The first kappa shape index (κ1) is 15.6. The first-order valence-corrected chi connectivity index (χ1v) is 8.19. The summed E-state index contributed by atoms with van der Waals surface area (Å²) in [7, 11) is 0. The highest BCUT2D eigenvalue weighted by Gasteiger charge is 2.15. The van der Waals surface area contributed by atoms with E-state index in [2.05, 4.69) is 62.5 Å². The Labute approximate surface area is 140 Å². The number of hydrogen-bond acceptors (Lipinski definition) is 3. The molecule has 0 N–H and O–H groups in total. The van der Waals surface area contributed by atoms with Gasteiger partial charge in [-0.25, -0.2) is 9.67 Å². The van der Waals surface area contributed by atoms with E-state index >= 15 is 0 Å². The summed E-state index contributed by atoms with van der Waals surface area (Å²) in [5.74, 6) is 1.25. The fourth-order valence-electron chi connectivity index (χ4n) is 1.87. The summed E-state index contributed by atoms with van der Waals surface area (Å²) in [6, 6.07) is 5.71. The molecular formula is C14H15BrIN3O. The van der Waals surface area contributed by atoms with Crippen molar-refractivity contribution in [1.82, 2.24) is 14.8 Å². The second-order valence-electron chi connectivity index (χ2n) is 4.98. The molecule has 0 saturated carbocycles. The molecule has 1 aromatic heterocycles. The zero-order valence-electron chi connectivity index (χ0n) is 11.3. The lowest BCUT2D eigenvalue weighted by molar-refractivity contribution is 0.0988. The van der Waals surface area contributed by atoms with Gasteiger partial charge in [-0.3, -0.25) is 4.79 Å². The summed E-state index contributed by atoms with van der Waals surface area (Å²) in [6.45, 7) is 5.01. The summed E-state index contributed by atoms with van der Waals surface area (Å²) < 4.78 is 3.67. The lowest BCUT2D eigenvalue weighted by Crippen LogP contribution is -2.15. The number of ketones is 1. The predicted molar refractivity (Wildman–Crippen MR) is 89.8 cm³/mol. The molecule has 0 unspecified atom stereocenters. The fourth-order valence-corrected chi connectivity index (χ4v) is 2.87. The molecule has 0 spiro atoms. The Bertz CT molecular complexity index is 625. The number of rotatable bonds is 5. The van der Waals surface area contributed by atoms with Crippen molar-refractivity contribution in [2.45, 2.75) is 26.8 Å². The molecule has 0 fully saturated rings. The van der Waals surface area contributed by atoms with Crippen molar-refractivity contribution in [3.63, 3.8) is 0 Å². The first-order valence-electron chi connectivity index (χ1n) is 6.32. The molecule has 4 nitrogen and oxygen atoms in total. The van der Waals surface area contributed by atoms with Crippen LogP contribution in [0, 0.1) is 9.49 Å². The lowest BCUT2D eigenvalue weighted by Gasteiger charge is -2.09. The van der Waals surface area contributed by atoms with Gasteiger partial charge in [0.1, 0.15) is 12.2 Å². The van der Waals surface area contributed by atoms with Gasteiger partial charge in [0.15, 0.2) is 5.78 Å². The molecule has 0 aliphatic carbocycles. The molecule has 2 aromatic rings. The molecule has 106 valence electrons. The number of halogens is 2.